The van der Waals surface area contributed by atoms with Gasteiger partial charge in [-0.2, -0.15) is 0 Å². The Labute approximate surface area is 219 Å². The summed E-state index contributed by atoms with van der Waals surface area (Å²) in [6.07, 6.45) is 0.662. The van der Waals surface area contributed by atoms with E-state index in [9.17, 15) is 9.59 Å². The Morgan fingerprint density at radius 3 is 1.86 bits per heavy atom. The van der Waals surface area contributed by atoms with E-state index in [1.165, 1.54) is 11.1 Å². The van der Waals surface area contributed by atoms with Crippen molar-refractivity contribution >= 4 is 35.1 Å². The molecule has 0 aliphatic heterocycles. The normalized spacial score (nSPS) is 9.84. The van der Waals surface area contributed by atoms with Crippen molar-refractivity contribution in [2.45, 2.75) is 27.7 Å². The Morgan fingerprint density at radius 2 is 1.30 bits per heavy atom. The van der Waals surface area contributed by atoms with Gasteiger partial charge in [0.05, 0.1) is 0 Å². The van der Waals surface area contributed by atoms with Crippen LogP contribution in [-0.2, 0) is 4.79 Å². The summed E-state index contributed by atoms with van der Waals surface area (Å²) in [6.45, 7) is 8.34. The van der Waals surface area contributed by atoms with E-state index < -0.39 is 0 Å². The van der Waals surface area contributed by atoms with E-state index in [-0.39, 0.29) is 5.91 Å². The number of carbonyl (C=O) groups excluding carboxylic acids is 2. The van der Waals surface area contributed by atoms with Crippen molar-refractivity contribution in [2.24, 2.45) is 0 Å². The van der Waals surface area contributed by atoms with E-state index in [0.717, 1.165) is 33.9 Å². The van der Waals surface area contributed by atoms with E-state index in [2.05, 4.69) is 61.0 Å². The number of carbonyl (C=O) groups is 2. The molecule has 0 heterocycles. The van der Waals surface area contributed by atoms with E-state index in [0.29, 0.717) is 12.0 Å². The Morgan fingerprint density at radius 1 is 0.676 bits per heavy atom. The Kier molecular flexibility index (Phi) is 9.80. The minimum atomic E-state index is -0.106. The van der Waals surface area contributed by atoms with Crippen molar-refractivity contribution < 1.29 is 9.59 Å². The third-order valence-electron chi connectivity index (χ3n) is 5.62. The molecule has 2 amide bonds. The summed E-state index contributed by atoms with van der Waals surface area (Å²) in [4.78, 5) is 22.2. The largest absolute Gasteiger partial charge is 0.355 e. The Balaban J connectivity index is 0.000000356. The summed E-state index contributed by atoms with van der Waals surface area (Å²) in [5, 5.41) is 9.05. The Hall–Kier alpha value is -4.64. The molecule has 0 radical (unpaired) electrons. The summed E-state index contributed by atoms with van der Waals surface area (Å²) < 4.78 is 0. The van der Waals surface area contributed by atoms with Crippen LogP contribution in [0.1, 0.15) is 40.9 Å². The predicted octanol–water partition coefficient (Wildman–Crippen LogP) is 7.67. The van der Waals surface area contributed by atoms with Gasteiger partial charge in [-0.15, -0.1) is 0 Å². The zero-order valence-electron chi connectivity index (χ0n) is 21.7. The molecule has 4 rings (SSSR count). The van der Waals surface area contributed by atoms with Gasteiger partial charge in [0.15, 0.2) is 0 Å². The molecule has 3 N–H and O–H groups in total. The van der Waals surface area contributed by atoms with Gasteiger partial charge in [0, 0.05) is 28.3 Å². The maximum Gasteiger partial charge on any atom is 0.255 e. The van der Waals surface area contributed by atoms with E-state index in [1.54, 1.807) is 12.1 Å². The van der Waals surface area contributed by atoms with E-state index in [4.69, 9.17) is 0 Å². The highest BCUT2D eigenvalue weighted by atomic mass is 16.1. The first-order valence-corrected chi connectivity index (χ1v) is 12.1. The van der Waals surface area contributed by atoms with Crippen LogP contribution in [0.15, 0.2) is 109 Å². The van der Waals surface area contributed by atoms with Crippen molar-refractivity contribution in [1.29, 1.82) is 0 Å². The zero-order valence-corrected chi connectivity index (χ0v) is 21.7. The number of allylic oxidation sites excluding steroid dienone is 1. The summed E-state index contributed by atoms with van der Waals surface area (Å²) in [5.74, 6) is -0.106. The summed E-state index contributed by atoms with van der Waals surface area (Å²) in [7, 11) is 0. The molecule has 4 aromatic rings. The van der Waals surface area contributed by atoms with Crippen LogP contribution in [0.3, 0.4) is 0 Å². The van der Waals surface area contributed by atoms with Crippen molar-refractivity contribution in [3.8, 4) is 0 Å². The molecule has 0 aromatic heterocycles. The monoisotopic (exact) mass is 491 g/mol. The van der Waals surface area contributed by atoms with Crippen molar-refractivity contribution in [3.05, 3.63) is 131 Å². The number of amides is 2. The highest BCUT2D eigenvalue weighted by Crippen LogP contribution is 2.26. The predicted molar refractivity (Wildman–Crippen MR) is 155 cm³/mol. The van der Waals surface area contributed by atoms with Gasteiger partial charge in [-0.25, -0.2) is 0 Å². The molecule has 188 valence electrons. The molecule has 5 heteroatoms. The van der Waals surface area contributed by atoms with Gasteiger partial charge < -0.3 is 16.0 Å². The molecular weight excluding hydrogens is 458 g/mol. The minimum Gasteiger partial charge on any atom is -0.355 e. The van der Waals surface area contributed by atoms with Gasteiger partial charge in [0.2, 0.25) is 6.41 Å². The second kappa shape index (κ2) is 13.4. The number of nitrogens with one attached hydrogen (secondary N) is 3. The average Bonchev–Trinajstić information content (AvgIpc) is 2.90. The fourth-order valence-corrected chi connectivity index (χ4v) is 3.62. The lowest BCUT2D eigenvalue weighted by atomic mass is 10.0. The standard InChI is InChI=1S/C25H26N2O.C7H7NO/c1-17(2)24(20-12-10-18(3)11-13-20)27-23-15-14-22(16-19(23)4)26-25(28)21-8-6-5-7-9-21;9-6-8-7-4-2-1-3-5-7/h5-16,27H,1-4H3,(H,26,28);1-6H,(H,8,9). The molecule has 0 fully saturated rings. The van der Waals surface area contributed by atoms with Gasteiger partial charge in [-0.1, -0.05) is 71.8 Å². The van der Waals surface area contributed by atoms with E-state index in [1.807, 2.05) is 73.7 Å². The highest BCUT2D eigenvalue weighted by molar-refractivity contribution is 6.04. The topological polar surface area (TPSA) is 70.2 Å². The van der Waals surface area contributed by atoms with Crippen LogP contribution in [0.4, 0.5) is 17.1 Å². The molecular formula is C32H33N3O2. The van der Waals surface area contributed by atoms with Crippen LogP contribution in [-0.4, -0.2) is 12.3 Å². The molecule has 5 nitrogen and oxygen atoms in total. The summed E-state index contributed by atoms with van der Waals surface area (Å²) in [5.41, 5.74) is 9.06. The molecule has 0 aliphatic rings. The third kappa shape index (κ3) is 8.22. The van der Waals surface area contributed by atoms with Crippen molar-refractivity contribution in [3.63, 3.8) is 0 Å². The quantitative estimate of drug-likeness (QED) is 0.232. The SMILES string of the molecule is CC(C)=C(Nc1ccc(NC(=O)c2ccccc2)cc1C)c1ccc(C)cc1.O=CNc1ccccc1. The van der Waals surface area contributed by atoms with Gasteiger partial charge in [-0.3, -0.25) is 9.59 Å². The number of aryl methyl sites for hydroxylation is 2. The molecule has 0 spiro atoms. The lowest BCUT2D eigenvalue weighted by molar-refractivity contribution is -0.105. The van der Waals surface area contributed by atoms with Crippen molar-refractivity contribution in [2.75, 3.05) is 16.0 Å². The maximum atomic E-state index is 12.4. The second-order valence-electron chi connectivity index (χ2n) is 8.84. The van der Waals surface area contributed by atoms with Gasteiger partial charge >= 0.3 is 0 Å². The highest BCUT2D eigenvalue weighted by Gasteiger charge is 2.09. The first-order valence-electron chi connectivity index (χ1n) is 12.1. The molecule has 0 bridgehead atoms. The first kappa shape index (κ1) is 27.0. The fraction of sp³-hybridized carbons (Fsp3) is 0.125. The van der Waals surface area contributed by atoms with Gasteiger partial charge in [0.25, 0.3) is 5.91 Å². The van der Waals surface area contributed by atoms with Gasteiger partial charge in [0.1, 0.15) is 0 Å². The van der Waals surface area contributed by atoms with Crippen LogP contribution in [0, 0.1) is 13.8 Å². The summed E-state index contributed by atoms with van der Waals surface area (Å²) in [6, 6.07) is 32.9. The molecule has 0 atom stereocenters. The lowest BCUT2D eigenvalue weighted by Gasteiger charge is -2.17. The molecule has 37 heavy (non-hydrogen) atoms. The third-order valence-corrected chi connectivity index (χ3v) is 5.62. The van der Waals surface area contributed by atoms with Crippen LogP contribution < -0.4 is 16.0 Å². The zero-order chi connectivity index (χ0) is 26.6. The molecule has 0 unspecified atom stereocenters. The van der Waals surface area contributed by atoms with Crippen LogP contribution in [0.5, 0.6) is 0 Å². The molecule has 0 saturated heterocycles. The number of hydrogen-bond acceptors (Lipinski definition) is 3. The first-order chi connectivity index (χ1) is 17.9. The minimum absolute atomic E-state index is 0.106. The van der Waals surface area contributed by atoms with E-state index >= 15 is 0 Å². The summed E-state index contributed by atoms with van der Waals surface area (Å²) >= 11 is 0. The smallest absolute Gasteiger partial charge is 0.255 e. The van der Waals surface area contributed by atoms with Crippen LogP contribution in [0.25, 0.3) is 5.70 Å². The second-order valence-corrected chi connectivity index (χ2v) is 8.84. The fourth-order valence-electron chi connectivity index (χ4n) is 3.62. The number of benzene rings is 4. The van der Waals surface area contributed by atoms with Crippen LogP contribution in [0.2, 0.25) is 0 Å². The van der Waals surface area contributed by atoms with Crippen LogP contribution >= 0.6 is 0 Å². The number of para-hydroxylation sites is 1. The average molecular weight is 492 g/mol. The Bertz CT molecular complexity index is 1340. The van der Waals surface area contributed by atoms with Crippen molar-refractivity contribution in [1.82, 2.24) is 0 Å². The molecule has 0 saturated carbocycles. The molecule has 0 aliphatic carbocycles. The van der Waals surface area contributed by atoms with Gasteiger partial charge in [-0.05, 0) is 81.3 Å². The number of rotatable bonds is 7. The lowest BCUT2D eigenvalue weighted by Crippen LogP contribution is -2.12. The molecule has 4 aromatic carbocycles. The number of hydrogen-bond donors (Lipinski definition) is 3. The maximum absolute atomic E-state index is 12.4. The number of anilines is 3.